The van der Waals surface area contributed by atoms with Crippen LogP contribution in [0.4, 0.5) is 0 Å². The average Bonchev–Trinajstić information content (AvgIpc) is 2.72. The minimum Gasteiger partial charge on any atom is -0.493 e. The van der Waals surface area contributed by atoms with E-state index in [0.717, 1.165) is 4.68 Å². The summed E-state index contributed by atoms with van der Waals surface area (Å²) in [7, 11) is 2.94. The van der Waals surface area contributed by atoms with E-state index >= 15 is 0 Å². The predicted molar refractivity (Wildman–Crippen MR) is 115 cm³/mol. The fourth-order valence-electron chi connectivity index (χ4n) is 3.87. The standard InChI is InChI=1S/C23H26N2O7/c1-12-10-14(18(26)17-19(27)22(2,3)32-23(4,5)20(17)28)21(29)25(24-12)13-8-9-15(30-6)16(11-13)31-7/h8-11,17H,1-7H3. The summed E-state index contributed by atoms with van der Waals surface area (Å²) in [4.78, 5) is 52.5. The SMILES string of the molecule is COc1ccc(-n2nc(C)cc(C(=O)C3C(=O)C(C)(C)OC(C)(C)C3=O)c2=O)cc1OC. The summed E-state index contributed by atoms with van der Waals surface area (Å²) >= 11 is 0. The number of benzene rings is 1. The third-order valence-electron chi connectivity index (χ3n) is 5.39. The van der Waals surface area contributed by atoms with Gasteiger partial charge in [0.25, 0.3) is 5.56 Å². The maximum Gasteiger partial charge on any atom is 0.282 e. The van der Waals surface area contributed by atoms with Crippen molar-refractivity contribution in [2.24, 2.45) is 5.92 Å². The second-order valence-corrected chi connectivity index (χ2v) is 8.60. The molecule has 170 valence electrons. The Hall–Kier alpha value is -3.33. The second-order valence-electron chi connectivity index (χ2n) is 8.60. The van der Waals surface area contributed by atoms with Crippen molar-refractivity contribution >= 4 is 17.3 Å². The van der Waals surface area contributed by atoms with Crippen LogP contribution in [-0.2, 0) is 14.3 Å². The fourth-order valence-corrected chi connectivity index (χ4v) is 3.87. The lowest BCUT2D eigenvalue weighted by atomic mass is 9.75. The van der Waals surface area contributed by atoms with Gasteiger partial charge in [-0.05, 0) is 52.8 Å². The van der Waals surface area contributed by atoms with Gasteiger partial charge in [0, 0.05) is 6.07 Å². The molecule has 0 aliphatic carbocycles. The number of aryl methyl sites for hydroxylation is 1. The molecular formula is C23H26N2O7. The number of carbonyl (C=O) groups is 3. The molecule has 0 unspecified atom stereocenters. The van der Waals surface area contributed by atoms with Crippen LogP contribution in [0.5, 0.6) is 11.5 Å². The van der Waals surface area contributed by atoms with Crippen molar-refractivity contribution in [2.75, 3.05) is 14.2 Å². The van der Waals surface area contributed by atoms with Crippen molar-refractivity contribution in [2.45, 2.75) is 45.8 Å². The summed E-state index contributed by atoms with van der Waals surface area (Å²) in [5.41, 5.74) is -3.09. The Morgan fingerprint density at radius 1 is 0.969 bits per heavy atom. The number of hydrogen-bond donors (Lipinski definition) is 0. The number of rotatable bonds is 5. The van der Waals surface area contributed by atoms with Crippen molar-refractivity contribution in [3.63, 3.8) is 0 Å². The first-order valence-electron chi connectivity index (χ1n) is 10.0. The highest BCUT2D eigenvalue weighted by molar-refractivity contribution is 6.28. The van der Waals surface area contributed by atoms with Gasteiger partial charge in [0.05, 0.1) is 31.2 Å². The van der Waals surface area contributed by atoms with Gasteiger partial charge in [-0.15, -0.1) is 0 Å². The highest BCUT2D eigenvalue weighted by atomic mass is 16.5. The monoisotopic (exact) mass is 442 g/mol. The minimum absolute atomic E-state index is 0.299. The summed E-state index contributed by atoms with van der Waals surface area (Å²) in [6, 6.07) is 6.01. The predicted octanol–water partition coefficient (Wildman–Crippen LogP) is 2.08. The van der Waals surface area contributed by atoms with E-state index in [4.69, 9.17) is 14.2 Å². The van der Waals surface area contributed by atoms with Crippen LogP contribution in [-0.4, -0.2) is 52.6 Å². The minimum atomic E-state index is -1.64. The zero-order chi connectivity index (χ0) is 24.0. The number of ether oxygens (including phenoxy) is 3. The molecule has 1 aromatic heterocycles. The summed E-state index contributed by atoms with van der Waals surface area (Å²) in [6.07, 6.45) is 0. The molecule has 0 atom stereocenters. The quantitative estimate of drug-likeness (QED) is 0.511. The van der Waals surface area contributed by atoms with Gasteiger partial charge in [0.2, 0.25) is 0 Å². The molecule has 9 heteroatoms. The Bertz CT molecular complexity index is 1150. The van der Waals surface area contributed by atoms with E-state index in [0.29, 0.717) is 22.9 Å². The molecule has 0 amide bonds. The molecule has 1 aliphatic heterocycles. The molecule has 0 saturated carbocycles. The van der Waals surface area contributed by atoms with Gasteiger partial charge in [0.1, 0.15) is 17.1 Å². The Morgan fingerprint density at radius 3 is 2.06 bits per heavy atom. The van der Waals surface area contributed by atoms with E-state index in [9.17, 15) is 19.2 Å². The normalized spacial score (nSPS) is 17.8. The van der Waals surface area contributed by atoms with E-state index in [1.165, 1.54) is 54.0 Å². The highest BCUT2D eigenvalue weighted by Gasteiger charge is 2.55. The number of aromatic nitrogens is 2. The molecule has 0 N–H and O–H groups in total. The summed E-state index contributed by atoms with van der Waals surface area (Å²) in [5.74, 6) is -3.05. The number of ketones is 3. The first-order valence-corrected chi connectivity index (χ1v) is 10.0. The largest absolute Gasteiger partial charge is 0.493 e. The van der Waals surface area contributed by atoms with Crippen molar-refractivity contribution < 1.29 is 28.6 Å². The summed E-state index contributed by atoms with van der Waals surface area (Å²) < 4.78 is 17.1. The highest BCUT2D eigenvalue weighted by Crippen LogP contribution is 2.35. The zero-order valence-electron chi connectivity index (χ0n) is 19.1. The molecular weight excluding hydrogens is 416 g/mol. The zero-order valence-corrected chi connectivity index (χ0v) is 19.1. The Kier molecular flexibility index (Phi) is 5.82. The smallest absolute Gasteiger partial charge is 0.282 e. The molecule has 1 aromatic carbocycles. The van der Waals surface area contributed by atoms with Crippen LogP contribution in [0.25, 0.3) is 5.69 Å². The topological polar surface area (TPSA) is 114 Å². The third-order valence-corrected chi connectivity index (χ3v) is 5.39. The summed E-state index contributed by atoms with van der Waals surface area (Å²) in [5, 5.41) is 4.22. The number of nitrogens with zero attached hydrogens (tertiary/aromatic N) is 2. The van der Waals surface area contributed by atoms with E-state index in [-0.39, 0.29) is 5.56 Å². The van der Waals surface area contributed by atoms with Crippen molar-refractivity contribution in [3.8, 4) is 17.2 Å². The maximum absolute atomic E-state index is 13.4. The lowest BCUT2D eigenvalue weighted by molar-refractivity contribution is -0.186. The second kappa shape index (κ2) is 7.98. The van der Waals surface area contributed by atoms with Crippen LogP contribution >= 0.6 is 0 Å². The number of hydrogen-bond acceptors (Lipinski definition) is 8. The van der Waals surface area contributed by atoms with Crippen molar-refractivity contribution in [3.05, 3.63) is 45.9 Å². The van der Waals surface area contributed by atoms with Crippen LogP contribution in [0.15, 0.2) is 29.1 Å². The molecule has 1 aliphatic rings. The number of methoxy groups -OCH3 is 2. The average molecular weight is 442 g/mol. The number of carbonyl (C=O) groups excluding carboxylic acids is 3. The molecule has 32 heavy (non-hydrogen) atoms. The lowest BCUT2D eigenvalue weighted by Gasteiger charge is -2.41. The third kappa shape index (κ3) is 3.84. The van der Waals surface area contributed by atoms with Crippen LogP contribution in [0.2, 0.25) is 0 Å². The van der Waals surface area contributed by atoms with Gasteiger partial charge in [-0.1, -0.05) is 0 Å². The lowest BCUT2D eigenvalue weighted by Crippen LogP contribution is -2.61. The number of Topliss-reactive ketones (excluding diaryl/α,β-unsaturated/α-hetero) is 3. The molecule has 2 heterocycles. The van der Waals surface area contributed by atoms with Gasteiger partial charge >= 0.3 is 0 Å². The Balaban J connectivity index is 2.15. The Labute approximate surface area is 185 Å². The van der Waals surface area contributed by atoms with Crippen LogP contribution in [0.1, 0.15) is 43.7 Å². The molecule has 0 bridgehead atoms. The molecule has 3 rings (SSSR count). The van der Waals surface area contributed by atoms with Gasteiger partial charge in [-0.2, -0.15) is 9.78 Å². The Morgan fingerprint density at radius 2 is 1.53 bits per heavy atom. The van der Waals surface area contributed by atoms with Gasteiger partial charge < -0.3 is 14.2 Å². The van der Waals surface area contributed by atoms with E-state index in [1.54, 1.807) is 19.1 Å². The fraction of sp³-hybridized carbons (Fsp3) is 0.435. The molecule has 0 radical (unpaired) electrons. The van der Waals surface area contributed by atoms with Crippen LogP contribution in [0.3, 0.4) is 0 Å². The summed E-state index contributed by atoms with van der Waals surface area (Å²) in [6.45, 7) is 7.62. The van der Waals surface area contributed by atoms with Gasteiger partial charge in [-0.25, -0.2) is 0 Å². The van der Waals surface area contributed by atoms with E-state index in [1.807, 2.05) is 0 Å². The maximum atomic E-state index is 13.4. The van der Waals surface area contributed by atoms with E-state index in [2.05, 4.69) is 5.10 Å². The molecule has 1 saturated heterocycles. The first kappa shape index (κ1) is 23.3. The van der Waals surface area contributed by atoms with Crippen LogP contribution in [0, 0.1) is 12.8 Å². The van der Waals surface area contributed by atoms with Crippen LogP contribution < -0.4 is 15.0 Å². The molecule has 9 nitrogen and oxygen atoms in total. The molecule has 2 aromatic rings. The van der Waals surface area contributed by atoms with Crippen molar-refractivity contribution in [1.82, 2.24) is 9.78 Å². The first-order chi connectivity index (χ1) is 14.8. The molecule has 1 fully saturated rings. The molecule has 0 spiro atoms. The van der Waals surface area contributed by atoms with E-state index < -0.39 is 40.0 Å². The van der Waals surface area contributed by atoms with Crippen molar-refractivity contribution in [1.29, 1.82) is 0 Å². The van der Waals surface area contributed by atoms with Gasteiger partial charge in [0.15, 0.2) is 28.8 Å². The van der Waals surface area contributed by atoms with Gasteiger partial charge in [-0.3, -0.25) is 19.2 Å².